The van der Waals surface area contributed by atoms with E-state index in [-0.39, 0.29) is 17.4 Å². The van der Waals surface area contributed by atoms with Gasteiger partial charge in [0.2, 0.25) is 0 Å². The second-order valence-corrected chi connectivity index (χ2v) is 8.92. The van der Waals surface area contributed by atoms with Gasteiger partial charge in [0.1, 0.15) is 5.02 Å². The number of aromatic amines is 1. The number of anilines is 2. The monoisotopic (exact) mass is 465 g/mol. The lowest BCUT2D eigenvalue weighted by Gasteiger charge is -2.14. The van der Waals surface area contributed by atoms with Crippen molar-refractivity contribution in [3.05, 3.63) is 64.8 Å². The number of rotatable bonds is 4. The van der Waals surface area contributed by atoms with Crippen LogP contribution in [0.15, 0.2) is 48.5 Å². The van der Waals surface area contributed by atoms with E-state index in [1.807, 2.05) is 39.0 Å². The number of carbonyl (C=O) groups is 2. The summed E-state index contributed by atoms with van der Waals surface area (Å²) in [5.41, 5.74) is 3.62. The van der Waals surface area contributed by atoms with Crippen molar-refractivity contribution in [3.63, 3.8) is 0 Å². The molecule has 4 aromatic rings. The highest BCUT2D eigenvalue weighted by atomic mass is 35.5. The first-order chi connectivity index (χ1) is 15.7. The molecule has 0 radical (unpaired) electrons. The number of carbonyl (C=O) groups excluding carboxylic acids is 2. The summed E-state index contributed by atoms with van der Waals surface area (Å²) in [7, 11) is 1.53. The molecule has 0 bridgehead atoms. The molecule has 2 aromatic carbocycles. The fourth-order valence-electron chi connectivity index (χ4n) is 3.25. The lowest BCUT2D eigenvalue weighted by molar-refractivity contribution is 0.102. The minimum atomic E-state index is -0.328. The second-order valence-electron chi connectivity index (χ2n) is 8.54. The topological polar surface area (TPSA) is 116 Å². The molecule has 4 N–H and O–H groups in total. The smallest absolute Gasteiger partial charge is 0.318 e. The molecule has 33 heavy (non-hydrogen) atoms. The molecule has 170 valence electrons. The molecule has 2 heterocycles. The van der Waals surface area contributed by atoms with Crippen LogP contribution in [0.2, 0.25) is 5.02 Å². The third kappa shape index (κ3) is 4.68. The van der Waals surface area contributed by atoms with Gasteiger partial charge in [-0.25, -0.2) is 4.79 Å². The average molecular weight is 466 g/mol. The molecule has 0 unspecified atom stereocenters. The second kappa shape index (κ2) is 8.59. The Labute approximate surface area is 195 Å². The van der Waals surface area contributed by atoms with Gasteiger partial charge in [-0.1, -0.05) is 44.5 Å². The number of nitrogens with zero attached hydrogens (tertiary/aromatic N) is 3. The van der Waals surface area contributed by atoms with Crippen LogP contribution >= 0.6 is 11.6 Å². The first-order valence-electron chi connectivity index (χ1n) is 10.3. The van der Waals surface area contributed by atoms with Crippen molar-refractivity contribution >= 4 is 40.6 Å². The van der Waals surface area contributed by atoms with Gasteiger partial charge in [-0.15, -0.1) is 9.73 Å². The van der Waals surface area contributed by atoms with Crippen molar-refractivity contribution in [2.24, 2.45) is 0 Å². The van der Waals surface area contributed by atoms with Crippen molar-refractivity contribution in [3.8, 4) is 11.4 Å². The fraction of sp³-hybridized carbons (Fsp3) is 0.217. The summed E-state index contributed by atoms with van der Waals surface area (Å²) in [6, 6.07) is 13.6. The number of amides is 3. The van der Waals surface area contributed by atoms with Crippen molar-refractivity contribution in [1.82, 2.24) is 25.1 Å². The molecule has 10 heteroatoms. The number of H-pyrrole nitrogens is 1. The number of hydrogen-bond donors (Lipinski definition) is 4. The third-order valence-corrected chi connectivity index (χ3v) is 5.34. The van der Waals surface area contributed by atoms with Gasteiger partial charge in [-0.3, -0.25) is 4.79 Å². The van der Waals surface area contributed by atoms with Gasteiger partial charge in [0.05, 0.1) is 5.69 Å². The minimum absolute atomic E-state index is 0.202. The molecule has 4 rings (SSSR count). The Bertz CT molecular complexity index is 1330. The first kappa shape index (κ1) is 22.3. The predicted molar refractivity (Wildman–Crippen MR) is 129 cm³/mol. The van der Waals surface area contributed by atoms with E-state index in [2.05, 4.69) is 31.1 Å². The maximum Gasteiger partial charge on any atom is 0.318 e. The van der Waals surface area contributed by atoms with Crippen molar-refractivity contribution in [1.29, 1.82) is 0 Å². The molecule has 0 atom stereocenters. The number of hydrogen-bond acceptors (Lipinski definition) is 4. The van der Waals surface area contributed by atoms with E-state index < -0.39 is 0 Å². The summed E-state index contributed by atoms with van der Waals surface area (Å²) in [6.45, 7) is 6.12. The number of fused-ring (bicyclic) bond motifs is 1. The summed E-state index contributed by atoms with van der Waals surface area (Å²) in [4.78, 5) is 27.3. The summed E-state index contributed by atoms with van der Waals surface area (Å²) < 4.78 is 1.50. The maximum atomic E-state index is 12.7. The lowest BCUT2D eigenvalue weighted by atomic mass is 9.92. The van der Waals surface area contributed by atoms with Crippen LogP contribution in [0, 0.1) is 0 Å². The zero-order valence-electron chi connectivity index (χ0n) is 18.7. The molecule has 0 saturated heterocycles. The Balaban J connectivity index is 1.52. The van der Waals surface area contributed by atoms with E-state index in [0.717, 1.165) is 11.3 Å². The normalized spacial score (nSPS) is 11.4. The van der Waals surface area contributed by atoms with E-state index in [0.29, 0.717) is 33.4 Å². The van der Waals surface area contributed by atoms with E-state index in [9.17, 15) is 9.59 Å². The molecule has 2 aromatic heterocycles. The van der Waals surface area contributed by atoms with Crippen LogP contribution in [-0.2, 0) is 5.41 Å². The molecule has 9 nitrogen and oxygen atoms in total. The van der Waals surface area contributed by atoms with Gasteiger partial charge in [0.25, 0.3) is 5.91 Å². The van der Waals surface area contributed by atoms with Crippen molar-refractivity contribution < 1.29 is 9.59 Å². The Kier molecular flexibility index (Phi) is 5.82. The van der Waals surface area contributed by atoms with E-state index in [1.165, 1.54) is 11.7 Å². The molecule has 0 saturated carbocycles. The average Bonchev–Trinajstić information content (AvgIpc) is 3.34. The Morgan fingerprint density at radius 1 is 1.00 bits per heavy atom. The Morgan fingerprint density at radius 2 is 1.73 bits per heavy atom. The first-order valence-corrected chi connectivity index (χ1v) is 10.7. The summed E-state index contributed by atoms with van der Waals surface area (Å²) in [5.74, 6) is 0.311. The van der Waals surface area contributed by atoms with E-state index >= 15 is 0 Å². The van der Waals surface area contributed by atoms with Gasteiger partial charge < -0.3 is 20.9 Å². The molecular weight excluding hydrogens is 442 g/mol. The Morgan fingerprint density at radius 3 is 2.36 bits per heavy atom. The minimum Gasteiger partial charge on any atom is -0.341 e. The zero-order valence-corrected chi connectivity index (χ0v) is 19.4. The van der Waals surface area contributed by atoms with Crippen LogP contribution in [0.3, 0.4) is 0 Å². The largest absolute Gasteiger partial charge is 0.341 e. The van der Waals surface area contributed by atoms with Crippen LogP contribution in [0.1, 0.15) is 36.8 Å². The molecule has 0 fully saturated rings. The predicted octanol–water partition coefficient (Wildman–Crippen LogP) is 4.68. The quantitative estimate of drug-likeness (QED) is 0.350. The Hall–Kier alpha value is -3.85. The molecule has 0 aliphatic heterocycles. The van der Waals surface area contributed by atoms with Gasteiger partial charge in [-0.05, 0) is 36.4 Å². The summed E-state index contributed by atoms with van der Waals surface area (Å²) in [5, 5.41) is 17.6. The fourth-order valence-corrected chi connectivity index (χ4v) is 3.70. The maximum absolute atomic E-state index is 12.7. The van der Waals surface area contributed by atoms with Crippen molar-refractivity contribution in [2.45, 2.75) is 26.2 Å². The number of benzene rings is 2. The van der Waals surface area contributed by atoms with Crippen LogP contribution in [0.25, 0.3) is 17.0 Å². The van der Waals surface area contributed by atoms with Crippen LogP contribution in [0.4, 0.5) is 16.2 Å². The van der Waals surface area contributed by atoms with Gasteiger partial charge in [0.15, 0.2) is 11.5 Å². The molecule has 0 spiro atoms. The van der Waals surface area contributed by atoms with E-state index in [4.69, 9.17) is 11.6 Å². The third-order valence-electron chi connectivity index (χ3n) is 4.98. The van der Waals surface area contributed by atoms with E-state index in [1.54, 1.807) is 30.3 Å². The molecule has 0 aliphatic carbocycles. The standard InChI is InChI=1S/C23H24ClN7O2/c1-23(2,3)18-17(24)20-28-19(30-31(20)29-18)14-6-5-7-16(12-14)26-21(32)13-8-10-15(11-9-13)27-22(33)25-4/h5-12H,1-4H3,(H,26,32)(H,28,30)(H2,25,27,33). The highest BCUT2D eigenvalue weighted by molar-refractivity contribution is 6.34. The van der Waals surface area contributed by atoms with Crippen molar-refractivity contribution in [2.75, 3.05) is 17.7 Å². The van der Waals surface area contributed by atoms with Gasteiger partial charge >= 0.3 is 6.03 Å². The van der Waals surface area contributed by atoms with Crippen LogP contribution in [-0.4, -0.2) is 38.8 Å². The van der Waals surface area contributed by atoms with Gasteiger partial charge in [-0.2, -0.15) is 5.10 Å². The SMILES string of the molecule is CNC(=O)Nc1ccc(C(=O)Nc2cccc(-c3nn4nc(C(C)(C)C)c(Cl)c4[nH]3)c2)cc1. The zero-order chi connectivity index (χ0) is 23.8. The summed E-state index contributed by atoms with van der Waals surface area (Å²) >= 11 is 6.52. The van der Waals surface area contributed by atoms with Gasteiger partial charge in [0, 0.05) is 35.0 Å². The molecular formula is C23H24ClN7O2. The van der Waals surface area contributed by atoms with Crippen LogP contribution in [0.5, 0.6) is 0 Å². The van der Waals surface area contributed by atoms with Crippen LogP contribution < -0.4 is 16.0 Å². The lowest BCUT2D eigenvalue weighted by Crippen LogP contribution is -2.24. The molecule has 0 aliphatic rings. The number of aromatic nitrogens is 4. The molecule has 3 amide bonds. The highest BCUT2D eigenvalue weighted by Gasteiger charge is 2.25. The number of halogens is 1. The highest BCUT2D eigenvalue weighted by Crippen LogP contribution is 2.32. The summed E-state index contributed by atoms with van der Waals surface area (Å²) in [6.07, 6.45) is 0. The number of urea groups is 1. The number of nitrogens with one attached hydrogen (secondary N) is 4.